The van der Waals surface area contributed by atoms with Crippen molar-refractivity contribution in [2.24, 2.45) is 5.73 Å². The third-order valence-corrected chi connectivity index (χ3v) is 4.29. The molecule has 1 fully saturated rings. The maximum atomic E-state index is 12.1. The van der Waals surface area contributed by atoms with Crippen LogP contribution in [0.3, 0.4) is 0 Å². The number of amides is 2. The van der Waals surface area contributed by atoms with E-state index < -0.39 is 5.91 Å². The second-order valence-electron chi connectivity index (χ2n) is 6.05. The highest BCUT2D eigenvalue weighted by Crippen LogP contribution is 2.21. The summed E-state index contributed by atoms with van der Waals surface area (Å²) in [6.07, 6.45) is 7.48. The molecule has 0 saturated heterocycles. The molecule has 1 saturated carbocycles. The molecule has 22 heavy (non-hydrogen) atoms. The van der Waals surface area contributed by atoms with Gasteiger partial charge in [-0.2, -0.15) is 0 Å². The number of primary amides is 1. The number of nitrogens with one attached hydrogen (secondary N) is 1. The molecule has 0 heterocycles. The van der Waals surface area contributed by atoms with E-state index in [1.807, 2.05) is 7.05 Å². The van der Waals surface area contributed by atoms with Gasteiger partial charge in [0.1, 0.15) is 0 Å². The molecule has 1 aliphatic rings. The lowest BCUT2D eigenvalue weighted by atomic mass is 10.1. The minimum absolute atomic E-state index is 0.0291. The predicted octanol–water partition coefficient (Wildman–Crippen LogP) is 2.38. The van der Waals surface area contributed by atoms with Gasteiger partial charge in [-0.05, 0) is 44.2 Å². The van der Waals surface area contributed by atoms with Crippen molar-refractivity contribution >= 4 is 17.5 Å². The molecule has 1 aromatic rings. The molecule has 0 unspecified atom stereocenters. The molecule has 0 atom stereocenters. The maximum absolute atomic E-state index is 12.1. The van der Waals surface area contributed by atoms with E-state index in [9.17, 15) is 9.59 Å². The molecule has 2 rings (SSSR count). The summed E-state index contributed by atoms with van der Waals surface area (Å²) in [7, 11) is 2.02. The van der Waals surface area contributed by atoms with Crippen molar-refractivity contribution in [1.29, 1.82) is 0 Å². The van der Waals surface area contributed by atoms with E-state index >= 15 is 0 Å². The Balaban J connectivity index is 1.84. The van der Waals surface area contributed by atoms with Gasteiger partial charge in [0.25, 0.3) is 0 Å². The second kappa shape index (κ2) is 7.94. The van der Waals surface area contributed by atoms with Gasteiger partial charge in [-0.3, -0.25) is 14.5 Å². The summed E-state index contributed by atoms with van der Waals surface area (Å²) in [6.45, 7) is 0.391. The van der Waals surface area contributed by atoms with E-state index in [-0.39, 0.29) is 5.91 Å². The number of hydrogen-bond donors (Lipinski definition) is 2. The number of hydrogen-bond acceptors (Lipinski definition) is 3. The lowest BCUT2D eigenvalue weighted by Crippen LogP contribution is -2.37. The molecule has 1 aromatic carbocycles. The van der Waals surface area contributed by atoms with Crippen LogP contribution in [0.15, 0.2) is 24.3 Å². The quantitative estimate of drug-likeness (QED) is 0.820. The van der Waals surface area contributed by atoms with E-state index in [0.29, 0.717) is 23.8 Å². The van der Waals surface area contributed by atoms with Crippen molar-refractivity contribution in [2.45, 2.75) is 44.6 Å². The molecular weight excluding hydrogens is 278 g/mol. The first kappa shape index (κ1) is 16.5. The van der Waals surface area contributed by atoms with Crippen LogP contribution < -0.4 is 11.1 Å². The summed E-state index contributed by atoms with van der Waals surface area (Å²) in [5, 5.41) is 2.86. The molecule has 0 aliphatic heterocycles. The number of rotatable bonds is 5. The smallest absolute Gasteiger partial charge is 0.248 e. The fraction of sp³-hybridized carbons (Fsp3) is 0.529. The van der Waals surface area contributed by atoms with Crippen LogP contribution in [-0.2, 0) is 4.79 Å². The van der Waals surface area contributed by atoms with Crippen molar-refractivity contribution in [3.63, 3.8) is 0 Å². The van der Waals surface area contributed by atoms with Crippen molar-refractivity contribution in [1.82, 2.24) is 4.90 Å². The van der Waals surface area contributed by atoms with Crippen molar-refractivity contribution < 1.29 is 9.59 Å². The number of anilines is 1. The first-order valence-electron chi connectivity index (χ1n) is 7.96. The Morgan fingerprint density at radius 2 is 1.73 bits per heavy atom. The monoisotopic (exact) mass is 303 g/mol. The summed E-state index contributed by atoms with van der Waals surface area (Å²) in [5.41, 5.74) is 6.32. The summed E-state index contributed by atoms with van der Waals surface area (Å²) in [4.78, 5) is 25.3. The van der Waals surface area contributed by atoms with Gasteiger partial charge in [0.05, 0.1) is 6.54 Å². The molecule has 1 aliphatic carbocycles. The van der Waals surface area contributed by atoms with Gasteiger partial charge >= 0.3 is 0 Å². The average molecular weight is 303 g/mol. The third kappa shape index (κ3) is 4.84. The van der Waals surface area contributed by atoms with Gasteiger partial charge in [0, 0.05) is 17.3 Å². The predicted molar refractivity (Wildman–Crippen MR) is 87.7 cm³/mol. The summed E-state index contributed by atoms with van der Waals surface area (Å²) in [6, 6.07) is 7.14. The van der Waals surface area contributed by atoms with Crippen LogP contribution >= 0.6 is 0 Å². The highest BCUT2D eigenvalue weighted by Gasteiger charge is 2.18. The van der Waals surface area contributed by atoms with Crippen LogP contribution in [-0.4, -0.2) is 36.3 Å². The number of nitrogens with zero attached hydrogens (tertiary/aromatic N) is 1. The van der Waals surface area contributed by atoms with Gasteiger partial charge < -0.3 is 11.1 Å². The number of benzene rings is 1. The van der Waals surface area contributed by atoms with E-state index in [1.165, 1.54) is 38.5 Å². The molecule has 3 N–H and O–H groups in total. The molecule has 120 valence electrons. The maximum Gasteiger partial charge on any atom is 0.248 e. The van der Waals surface area contributed by atoms with Crippen molar-refractivity contribution in [3.05, 3.63) is 29.8 Å². The zero-order valence-electron chi connectivity index (χ0n) is 13.2. The van der Waals surface area contributed by atoms with Crippen LogP contribution in [0, 0.1) is 0 Å². The largest absolute Gasteiger partial charge is 0.366 e. The fourth-order valence-electron chi connectivity index (χ4n) is 2.97. The van der Waals surface area contributed by atoms with Gasteiger partial charge in [0.2, 0.25) is 11.8 Å². The van der Waals surface area contributed by atoms with Crippen LogP contribution in [0.25, 0.3) is 0 Å². The van der Waals surface area contributed by atoms with Crippen LogP contribution in [0.4, 0.5) is 5.69 Å². The summed E-state index contributed by atoms with van der Waals surface area (Å²) in [5.74, 6) is -0.496. The standard InChI is InChI=1S/C17H25N3O2/c1-20(15-6-4-2-3-5-7-15)12-16(21)19-14-10-8-13(9-11-14)17(18)22/h8-11,15H,2-7,12H2,1H3,(H2,18,22)(H,19,21). The Hall–Kier alpha value is -1.88. The normalized spacial score (nSPS) is 16.3. The molecular formula is C17H25N3O2. The zero-order chi connectivity index (χ0) is 15.9. The molecule has 0 bridgehead atoms. The van der Waals surface area contributed by atoms with E-state index in [0.717, 1.165) is 0 Å². The Kier molecular flexibility index (Phi) is 5.95. The summed E-state index contributed by atoms with van der Waals surface area (Å²) < 4.78 is 0. The number of carbonyl (C=O) groups is 2. The van der Waals surface area contributed by atoms with Gasteiger partial charge in [-0.1, -0.05) is 25.7 Å². The van der Waals surface area contributed by atoms with Gasteiger partial charge in [0.15, 0.2) is 0 Å². The first-order chi connectivity index (χ1) is 10.6. The Bertz CT molecular complexity index is 505. The molecule has 5 nitrogen and oxygen atoms in total. The van der Waals surface area contributed by atoms with Crippen LogP contribution in [0.5, 0.6) is 0 Å². The lowest BCUT2D eigenvalue weighted by Gasteiger charge is -2.26. The minimum Gasteiger partial charge on any atom is -0.366 e. The fourth-order valence-corrected chi connectivity index (χ4v) is 2.97. The zero-order valence-corrected chi connectivity index (χ0v) is 13.2. The highest BCUT2D eigenvalue weighted by molar-refractivity contribution is 5.95. The first-order valence-corrected chi connectivity index (χ1v) is 7.96. The van der Waals surface area contributed by atoms with Crippen molar-refractivity contribution in [2.75, 3.05) is 18.9 Å². The highest BCUT2D eigenvalue weighted by atomic mass is 16.2. The van der Waals surface area contributed by atoms with E-state index in [1.54, 1.807) is 24.3 Å². The SMILES string of the molecule is CN(CC(=O)Nc1ccc(C(N)=O)cc1)C1CCCCCC1. The molecule has 2 amide bonds. The molecule has 0 spiro atoms. The average Bonchev–Trinajstić information content (AvgIpc) is 2.76. The van der Waals surface area contributed by atoms with Crippen molar-refractivity contribution in [3.8, 4) is 0 Å². The van der Waals surface area contributed by atoms with Crippen LogP contribution in [0.1, 0.15) is 48.9 Å². The topological polar surface area (TPSA) is 75.4 Å². The molecule has 0 radical (unpaired) electrons. The Morgan fingerprint density at radius 3 is 2.27 bits per heavy atom. The number of carbonyl (C=O) groups excluding carboxylic acids is 2. The molecule has 0 aromatic heterocycles. The second-order valence-corrected chi connectivity index (χ2v) is 6.05. The van der Waals surface area contributed by atoms with Gasteiger partial charge in [-0.25, -0.2) is 0 Å². The van der Waals surface area contributed by atoms with Crippen LogP contribution in [0.2, 0.25) is 0 Å². The van der Waals surface area contributed by atoms with Gasteiger partial charge in [-0.15, -0.1) is 0 Å². The number of nitrogens with two attached hydrogens (primary N) is 1. The van der Waals surface area contributed by atoms with E-state index in [4.69, 9.17) is 5.73 Å². The summed E-state index contributed by atoms with van der Waals surface area (Å²) >= 11 is 0. The lowest BCUT2D eigenvalue weighted by molar-refractivity contribution is -0.117. The third-order valence-electron chi connectivity index (χ3n) is 4.29. The molecule has 5 heteroatoms. The minimum atomic E-state index is -0.467. The Labute approximate surface area is 131 Å². The van der Waals surface area contributed by atoms with E-state index in [2.05, 4.69) is 10.2 Å². The number of likely N-dealkylation sites (N-methyl/N-ethyl adjacent to an activating group) is 1. The Morgan fingerprint density at radius 1 is 1.14 bits per heavy atom.